The fourth-order valence-corrected chi connectivity index (χ4v) is 4.81. The van der Waals surface area contributed by atoms with Crippen LogP contribution in [0.2, 0.25) is 5.02 Å². The second-order valence-corrected chi connectivity index (χ2v) is 9.44. The first-order valence-corrected chi connectivity index (χ1v) is 12.2. The van der Waals surface area contributed by atoms with Crippen molar-refractivity contribution < 1.29 is 14.3 Å². The molecular weight excluding hydrogens is 490 g/mol. The van der Waals surface area contributed by atoms with E-state index in [4.69, 9.17) is 21.1 Å². The van der Waals surface area contributed by atoms with E-state index in [1.54, 1.807) is 47.6 Å². The summed E-state index contributed by atoms with van der Waals surface area (Å²) < 4.78 is 14.4. The zero-order chi connectivity index (χ0) is 25.4. The molecule has 3 aliphatic heterocycles. The van der Waals surface area contributed by atoms with Crippen molar-refractivity contribution in [2.75, 3.05) is 24.5 Å². The van der Waals surface area contributed by atoms with Crippen LogP contribution in [0.5, 0.6) is 23.0 Å². The second-order valence-electron chi connectivity index (χ2n) is 9.00. The van der Waals surface area contributed by atoms with E-state index in [9.17, 15) is 10.1 Å². The maximum absolute atomic E-state index is 13.3. The molecule has 0 radical (unpaired) electrons. The Morgan fingerprint density at radius 1 is 0.919 bits per heavy atom. The third-order valence-electron chi connectivity index (χ3n) is 6.48. The Hall–Kier alpha value is -4.32. The first kappa shape index (κ1) is 23.1. The molecule has 37 heavy (non-hydrogen) atoms. The molecular formula is C28H22ClN5O3. The van der Waals surface area contributed by atoms with Gasteiger partial charge in [-0.25, -0.2) is 4.98 Å². The van der Waals surface area contributed by atoms with Gasteiger partial charge < -0.3 is 18.9 Å². The Morgan fingerprint density at radius 3 is 2.57 bits per heavy atom. The van der Waals surface area contributed by atoms with Crippen molar-refractivity contribution in [3.8, 4) is 29.1 Å². The predicted octanol–water partition coefficient (Wildman–Crippen LogP) is 5.20. The van der Waals surface area contributed by atoms with E-state index < -0.39 is 0 Å². The van der Waals surface area contributed by atoms with Crippen LogP contribution >= 0.6 is 11.6 Å². The van der Waals surface area contributed by atoms with Gasteiger partial charge in [0.1, 0.15) is 23.3 Å². The predicted molar refractivity (Wildman–Crippen MR) is 138 cm³/mol. The molecule has 1 fully saturated rings. The van der Waals surface area contributed by atoms with Crippen molar-refractivity contribution in [1.82, 2.24) is 14.5 Å². The van der Waals surface area contributed by atoms with Gasteiger partial charge in [0.25, 0.3) is 0 Å². The summed E-state index contributed by atoms with van der Waals surface area (Å²) in [5.74, 6) is 2.01. The van der Waals surface area contributed by atoms with Crippen LogP contribution in [0.25, 0.3) is 0 Å². The smallest absolute Gasteiger partial charge is 0.241 e. The Morgan fingerprint density at radius 2 is 1.76 bits per heavy atom. The molecule has 4 heterocycles. The number of hydrogen-bond acceptors (Lipinski definition) is 6. The molecule has 184 valence electrons. The number of imidazole rings is 1. The lowest BCUT2D eigenvalue weighted by atomic mass is 10.1. The highest BCUT2D eigenvalue weighted by atomic mass is 35.5. The van der Waals surface area contributed by atoms with Crippen LogP contribution in [0.3, 0.4) is 0 Å². The average Bonchev–Trinajstić information content (AvgIpc) is 3.31. The number of hydrogen-bond donors (Lipinski definition) is 0. The average molecular weight is 512 g/mol. The van der Waals surface area contributed by atoms with Gasteiger partial charge in [-0.05, 0) is 48.0 Å². The number of rotatable bonds is 0. The monoisotopic (exact) mass is 511 g/mol. The van der Waals surface area contributed by atoms with Gasteiger partial charge in [0.15, 0.2) is 5.75 Å². The van der Waals surface area contributed by atoms with Crippen molar-refractivity contribution in [2.45, 2.75) is 13.1 Å². The van der Waals surface area contributed by atoms with Crippen molar-refractivity contribution in [1.29, 1.82) is 5.26 Å². The highest BCUT2D eigenvalue weighted by molar-refractivity contribution is 6.31. The highest BCUT2D eigenvalue weighted by Gasteiger charge is 2.28. The molecule has 1 amide bonds. The van der Waals surface area contributed by atoms with E-state index >= 15 is 0 Å². The van der Waals surface area contributed by atoms with Gasteiger partial charge in [0, 0.05) is 43.5 Å². The molecule has 1 atom stereocenters. The van der Waals surface area contributed by atoms with Crippen LogP contribution < -0.4 is 14.4 Å². The molecule has 1 aromatic heterocycles. The number of aromatic nitrogens is 2. The first-order chi connectivity index (χ1) is 18.1. The minimum Gasteiger partial charge on any atom is -0.456 e. The normalized spacial score (nSPS) is 16.9. The van der Waals surface area contributed by atoms with Crippen LogP contribution in [0.15, 0.2) is 73.2 Å². The summed E-state index contributed by atoms with van der Waals surface area (Å²) in [5.41, 5.74) is 3.02. The number of ether oxygens (including phenoxy) is 2. The lowest BCUT2D eigenvalue weighted by Crippen LogP contribution is -2.50. The summed E-state index contributed by atoms with van der Waals surface area (Å²) in [6.45, 7) is 2.60. The maximum atomic E-state index is 13.3. The Labute approximate surface area is 218 Å². The van der Waals surface area contributed by atoms with E-state index in [0.717, 1.165) is 11.3 Å². The number of halogens is 1. The Bertz CT molecular complexity index is 1540. The van der Waals surface area contributed by atoms with E-state index in [-0.39, 0.29) is 12.5 Å². The molecule has 6 bridgehead atoms. The number of amides is 1. The lowest BCUT2D eigenvalue weighted by molar-refractivity contribution is -0.121. The zero-order valence-corrected chi connectivity index (χ0v) is 20.6. The molecule has 7 rings (SSSR count). The summed E-state index contributed by atoms with van der Waals surface area (Å²) >= 11 is 6.32. The number of fused-ring (bicyclic) bond motifs is 2. The minimum atomic E-state index is -0.0284. The van der Waals surface area contributed by atoms with Gasteiger partial charge >= 0.3 is 0 Å². The zero-order valence-electron chi connectivity index (χ0n) is 19.8. The Balaban J connectivity index is 1.45. The molecule has 3 aromatic carbocycles. The maximum Gasteiger partial charge on any atom is 0.241 e. The van der Waals surface area contributed by atoms with E-state index in [1.807, 2.05) is 30.5 Å². The van der Waals surface area contributed by atoms with E-state index in [0.29, 0.717) is 65.5 Å². The summed E-state index contributed by atoms with van der Waals surface area (Å²) in [5, 5.41) is 10.2. The molecule has 0 N–H and O–H groups in total. The SMILES string of the molecule is N#Cc1ccc2cc1Oc1cccc(c1)Oc1ccc(Cl)cc1N1CCN(CC1=O)Cc1cncn1C2. The third-order valence-corrected chi connectivity index (χ3v) is 6.71. The van der Waals surface area contributed by atoms with Crippen molar-refractivity contribution >= 4 is 23.2 Å². The van der Waals surface area contributed by atoms with Gasteiger partial charge in [-0.15, -0.1) is 0 Å². The molecule has 9 heteroatoms. The standard InChI is InChI=1S/C28H22ClN5O3/c29-21-6-7-26-25(11-21)34-9-8-32(17-28(34)35)16-22-14-31-18-33(22)15-19-4-5-20(13-30)27(10-19)37-24-3-1-2-23(12-24)36-26/h1-7,10-12,14,18H,8-9,15-17H2. The third kappa shape index (κ3) is 4.75. The molecule has 1 saturated heterocycles. The number of anilines is 1. The quantitative estimate of drug-likeness (QED) is 0.322. The number of benzene rings is 3. The minimum absolute atomic E-state index is 0.0284. The van der Waals surface area contributed by atoms with Crippen LogP contribution in [-0.2, 0) is 17.9 Å². The molecule has 0 saturated carbocycles. The van der Waals surface area contributed by atoms with Crippen LogP contribution in [0.1, 0.15) is 16.8 Å². The molecule has 3 aliphatic rings. The van der Waals surface area contributed by atoms with E-state index in [2.05, 4.69) is 20.5 Å². The summed E-state index contributed by atoms with van der Waals surface area (Å²) in [4.78, 5) is 21.4. The molecule has 4 aromatic rings. The van der Waals surface area contributed by atoms with Crippen molar-refractivity contribution in [2.24, 2.45) is 0 Å². The van der Waals surface area contributed by atoms with Crippen molar-refractivity contribution in [3.05, 3.63) is 95.0 Å². The van der Waals surface area contributed by atoms with E-state index in [1.165, 1.54) is 0 Å². The summed E-state index contributed by atoms with van der Waals surface area (Å²) in [6.07, 6.45) is 3.61. The molecule has 8 nitrogen and oxygen atoms in total. The number of nitriles is 1. The highest BCUT2D eigenvalue weighted by Crippen LogP contribution is 2.37. The van der Waals surface area contributed by atoms with Crippen LogP contribution in [0, 0.1) is 11.3 Å². The van der Waals surface area contributed by atoms with Crippen LogP contribution in [-0.4, -0.2) is 40.0 Å². The van der Waals surface area contributed by atoms with Gasteiger partial charge in [0.2, 0.25) is 5.91 Å². The van der Waals surface area contributed by atoms with Gasteiger partial charge in [0.05, 0.1) is 29.8 Å². The largest absolute Gasteiger partial charge is 0.456 e. The topological polar surface area (TPSA) is 83.6 Å². The van der Waals surface area contributed by atoms with Gasteiger partial charge in [-0.1, -0.05) is 23.7 Å². The number of carbonyl (C=O) groups excluding carboxylic acids is 1. The van der Waals surface area contributed by atoms with Gasteiger partial charge in [-0.2, -0.15) is 5.26 Å². The fraction of sp³-hybridized carbons (Fsp3) is 0.179. The second kappa shape index (κ2) is 9.62. The lowest BCUT2D eigenvalue weighted by Gasteiger charge is -2.35. The molecule has 0 aliphatic carbocycles. The fourth-order valence-electron chi connectivity index (χ4n) is 4.64. The number of nitrogens with zero attached hydrogens (tertiary/aromatic N) is 5. The Kier molecular flexibility index (Phi) is 6.01. The number of carbonyl (C=O) groups is 1. The molecule has 1 unspecified atom stereocenters. The first-order valence-electron chi connectivity index (χ1n) is 11.9. The molecule has 0 spiro atoms. The number of piperazine rings is 1. The summed E-state index contributed by atoms with van der Waals surface area (Å²) in [7, 11) is 0. The van der Waals surface area contributed by atoms with Gasteiger partial charge in [-0.3, -0.25) is 9.69 Å². The van der Waals surface area contributed by atoms with Crippen molar-refractivity contribution in [3.63, 3.8) is 0 Å². The summed E-state index contributed by atoms with van der Waals surface area (Å²) in [6, 6.07) is 20.2. The van der Waals surface area contributed by atoms with Crippen LogP contribution in [0.4, 0.5) is 5.69 Å².